The molecule has 4 heteroatoms. The van der Waals surface area contributed by atoms with E-state index in [2.05, 4.69) is 16.8 Å². The van der Waals surface area contributed by atoms with Gasteiger partial charge in [0.2, 0.25) is 0 Å². The fraction of sp³-hybridized carbons (Fsp3) is 0.500. The first-order valence-electron chi connectivity index (χ1n) is 6.09. The van der Waals surface area contributed by atoms with Gasteiger partial charge in [-0.1, -0.05) is 11.8 Å². The van der Waals surface area contributed by atoms with E-state index in [0.29, 0.717) is 24.8 Å². The first-order valence-corrected chi connectivity index (χ1v) is 6.62. The Kier molecular flexibility index (Phi) is 5.32. The van der Waals surface area contributed by atoms with Crippen molar-refractivity contribution in [2.45, 2.75) is 12.8 Å². The summed E-state index contributed by atoms with van der Waals surface area (Å²) in [6.07, 6.45) is 5.20. The largest absolute Gasteiger partial charge is 0.492 e. The number of hydrogen-bond donors (Lipinski definition) is 0. The minimum absolute atomic E-state index is 0.496. The lowest BCUT2D eigenvalue weighted by atomic mass is 10.1. The predicted octanol–water partition coefficient (Wildman–Crippen LogP) is 2.48. The van der Waals surface area contributed by atoms with Crippen LogP contribution in [0, 0.1) is 17.8 Å². The summed E-state index contributed by atoms with van der Waals surface area (Å²) >= 11 is 5.57. The number of hydrogen-bond acceptors (Lipinski definition) is 3. The first kappa shape index (κ1) is 13.2. The molecule has 0 aromatic carbocycles. The molecule has 1 aliphatic heterocycles. The van der Waals surface area contributed by atoms with Gasteiger partial charge >= 0.3 is 0 Å². The summed E-state index contributed by atoms with van der Waals surface area (Å²) in [6.45, 7) is 2.32. The van der Waals surface area contributed by atoms with Crippen molar-refractivity contribution >= 4 is 11.6 Å². The fourth-order valence-electron chi connectivity index (χ4n) is 1.71. The van der Waals surface area contributed by atoms with Crippen molar-refractivity contribution < 1.29 is 9.47 Å². The highest BCUT2D eigenvalue weighted by atomic mass is 35.5. The number of ether oxygens (including phenoxy) is 2. The van der Waals surface area contributed by atoms with E-state index in [1.807, 2.05) is 6.07 Å². The quantitative estimate of drug-likeness (QED) is 0.619. The zero-order valence-electron chi connectivity index (χ0n) is 10.2. The topological polar surface area (TPSA) is 31.4 Å². The highest BCUT2D eigenvalue weighted by molar-refractivity contribution is 6.18. The highest BCUT2D eigenvalue weighted by Gasteiger charge is 2.16. The van der Waals surface area contributed by atoms with Gasteiger partial charge in [-0.05, 0) is 12.5 Å². The lowest BCUT2D eigenvalue weighted by Gasteiger charge is -2.09. The van der Waals surface area contributed by atoms with Crippen LogP contribution >= 0.6 is 11.6 Å². The second kappa shape index (κ2) is 7.25. The number of alkyl halides is 1. The minimum atomic E-state index is 0.496. The molecule has 0 radical (unpaired) electrons. The monoisotopic (exact) mass is 265 g/mol. The summed E-state index contributed by atoms with van der Waals surface area (Å²) in [5.41, 5.74) is 0.861. The SMILES string of the molecule is ClCCC#Cc1cncc(OCC2CCOC2)c1. The molecule has 2 heterocycles. The van der Waals surface area contributed by atoms with Gasteiger partial charge in [0.1, 0.15) is 5.75 Å². The standard InChI is InChI=1S/C14H16ClNO2/c15-5-2-1-3-12-7-14(9-16-8-12)18-11-13-4-6-17-10-13/h7-9,13H,2,4-6,10-11H2. The normalized spacial score (nSPS) is 18.2. The molecule has 2 rings (SSSR count). The third-order valence-corrected chi connectivity index (χ3v) is 2.86. The Morgan fingerprint density at radius 3 is 3.22 bits per heavy atom. The van der Waals surface area contributed by atoms with Crippen LogP contribution in [0.3, 0.4) is 0 Å². The molecule has 1 unspecified atom stereocenters. The number of aromatic nitrogens is 1. The number of pyridine rings is 1. The Labute approximate surface area is 112 Å². The zero-order valence-corrected chi connectivity index (χ0v) is 10.9. The van der Waals surface area contributed by atoms with Crippen LogP contribution in [0.4, 0.5) is 0 Å². The molecule has 1 aromatic rings. The highest BCUT2D eigenvalue weighted by Crippen LogP contribution is 2.16. The van der Waals surface area contributed by atoms with Crippen molar-refractivity contribution in [2.24, 2.45) is 5.92 Å². The van der Waals surface area contributed by atoms with Gasteiger partial charge in [0.15, 0.2) is 0 Å². The van der Waals surface area contributed by atoms with Gasteiger partial charge in [0, 0.05) is 36.6 Å². The third kappa shape index (κ3) is 4.21. The van der Waals surface area contributed by atoms with Gasteiger partial charge in [-0.2, -0.15) is 0 Å². The van der Waals surface area contributed by atoms with Gasteiger partial charge in [-0.15, -0.1) is 11.6 Å². The molecule has 0 N–H and O–H groups in total. The van der Waals surface area contributed by atoms with Crippen molar-refractivity contribution in [1.29, 1.82) is 0 Å². The van der Waals surface area contributed by atoms with Crippen LogP contribution in [-0.2, 0) is 4.74 Å². The Bertz CT molecular complexity index is 433. The van der Waals surface area contributed by atoms with E-state index in [4.69, 9.17) is 21.1 Å². The van der Waals surface area contributed by atoms with Crippen LogP contribution in [0.25, 0.3) is 0 Å². The van der Waals surface area contributed by atoms with Crippen LogP contribution in [0.1, 0.15) is 18.4 Å². The number of halogens is 1. The second-order valence-electron chi connectivity index (χ2n) is 4.19. The van der Waals surface area contributed by atoms with Crippen molar-refractivity contribution in [3.8, 4) is 17.6 Å². The van der Waals surface area contributed by atoms with Gasteiger partial charge in [-0.3, -0.25) is 4.98 Å². The summed E-state index contributed by atoms with van der Waals surface area (Å²) in [5.74, 6) is 7.80. The average molecular weight is 266 g/mol. The molecule has 1 fully saturated rings. The maximum Gasteiger partial charge on any atom is 0.138 e. The number of nitrogens with zero attached hydrogens (tertiary/aromatic N) is 1. The van der Waals surface area contributed by atoms with Crippen LogP contribution in [0.5, 0.6) is 5.75 Å². The van der Waals surface area contributed by atoms with Crippen LogP contribution in [-0.4, -0.2) is 30.7 Å². The molecule has 1 aromatic heterocycles. The molecule has 1 saturated heterocycles. The molecule has 3 nitrogen and oxygen atoms in total. The van der Waals surface area contributed by atoms with E-state index in [0.717, 1.165) is 30.9 Å². The summed E-state index contributed by atoms with van der Waals surface area (Å²) in [5, 5.41) is 0. The summed E-state index contributed by atoms with van der Waals surface area (Å²) in [7, 11) is 0. The van der Waals surface area contributed by atoms with Gasteiger partial charge in [0.25, 0.3) is 0 Å². The molecule has 0 spiro atoms. The van der Waals surface area contributed by atoms with Crippen molar-refractivity contribution in [1.82, 2.24) is 4.98 Å². The van der Waals surface area contributed by atoms with E-state index < -0.39 is 0 Å². The van der Waals surface area contributed by atoms with Crippen LogP contribution in [0.15, 0.2) is 18.5 Å². The zero-order chi connectivity index (χ0) is 12.6. The molecule has 1 atom stereocenters. The first-order chi connectivity index (χ1) is 8.88. The fourth-order valence-corrected chi connectivity index (χ4v) is 1.80. The van der Waals surface area contributed by atoms with Gasteiger partial charge in [-0.25, -0.2) is 0 Å². The summed E-state index contributed by atoms with van der Waals surface area (Å²) < 4.78 is 11.0. The lowest BCUT2D eigenvalue weighted by Crippen LogP contribution is -2.11. The number of rotatable bonds is 4. The molecule has 96 valence electrons. The Morgan fingerprint density at radius 1 is 1.50 bits per heavy atom. The Morgan fingerprint density at radius 2 is 2.44 bits per heavy atom. The smallest absolute Gasteiger partial charge is 0.138 e. The summed E-state index contributed by atoms with van der Waals surface area (Å²) in [6, 6.07) is 1.91. The molecule has 1 aliphatic rings. The van der Waals surface area contributed by atoms with Crippen LogP contribution < -0.4 is 4.74 Å². The van der Waals surface area contributed by atoms with E-state index in [1.165, 1.54) is 0 Å². The van der Waals surface area contributed by atoms with Crippen molar-refractivity contribution in [2.75, 3.05) is 25.7 Å². The molecule has 0 amide bonds. The lowest BCUT2D eigenvalue weighted by molar-refractivity contribution is 0.167. The predicted molar refractivity (Wildman–Crippen MR) is 70.9 cm³/mol. The molecule has 0 bridgehead atoms. The molecule has 18 heavy (non-hydrogen) atoms. The van der Waals surface area contributed by atoms with Gasteiger partial charge in [0.05, 0.1) is 19.4 Å². The maximum atomic E-state index is 5.70. The van der Waals surface area contributed by atoms with E-state index >= 15 is 0 Å². The molecule has 0 aliphatic carbocycles. The van der Waals surface area contributed by atoms with Crippen molar-refractivity contribution in [3.05, 3.63) is 24.0 Å². The molecule has 0 saturated carbocycles. The second-order valence-corrected chi connectivity index (χ2v) is 4.57. The van der Waals surface area contributed by atoms with E-state index in [1.54, 1.807) is 12.4 Å². The Hall–Kier alpha value is -1.24. The molecular formula is C14H16ClNO2. The van der Waals surface area contributed by atoms with Gasteiger partial charge < -0.3 is 9.47 Å². The van der Waals surface area contributed by atoms with E-state index in [-0.39, 0.29) is 0 Å². The minimum Gasteiger partial charge on any atom is -0.492 e. The molecular weight excluding hydrogens is 250 g/mol. The van der Waals surface area contributed by atoms with Crippen molar-refractivity contribution in [3.63, 3.8) is 0 Å². The van der Waals surface area contributed by atoms with Crippen LogP contribution in [0.2, 0.25) is 0 Å². The maximum absolute atomic E-state index is 5.70. The average Bonchev–Trinajstić information content (AvgIpc) is 2.90. The third-order valence-electron chi connectivity index (χ3n) is 2.68. The van der Waals surface area contributed by atoms with E-state index in [9.17, 15) is 0 Å². The Balaban J connectivity index is 1.88. The summed E-state index contributed by atoms with van der Waals surface area (Å²) in [4.78, 5) is 4.12.